The van der Waals surface area contributed by atoms with E-state index in [4.69, 9.17) is 5.11 Å². The van der Waals surface area contributed by atoms with Gasteiger partial charge in [-0.3, -0.25) is 9.84 Å². The van der Waals surface area contributed by atoms with Crippen LogP contribution in [0.25, 0.3) is 0 Å². The van der Waals surface area contributed by atoms with Gasteiger partial charge in [0, 0.05) is 11.1 Å². The third kappa shape index (κ3) is 1.43. The normalized spacial score (nSPS) is 27.4. The molecule has 1 saturated heterocycles. The molecule has 5 nitrogen and oxygen atoms in total. The number of amides is 1. The molecule has 0 spiro atoms. The van der Waals surface area contributed by atoms with Crippen molar-refractivity contribution in [3.05, 3.63) is 0 Å². The average molecular weight is 191 g/mol. The second kappa shape index (κ2) is 3.20. The van der Waals surface area contributed by atoms with Gasteiger partial charge in [0.2, 0.25) is 0 Å². The van der Waals surface area contributed by atoms with Crippen molar-refractivity contribution in [3.8, 4) is 0 Å². The number of nitrogens with zero attached hydrogens (tertiary/aromatic N) is 1. The van der Waals surface area contributed by atoms with Gasteiger partial charge in [-0.25, -0.2) is 9.59 Å². The lowest BCUT2D eigenvalue weighted by Gasteiger charge is -2.28. The highest BCUT2D eigenvalue weighted by Gasteiger charge is 2.48. The van der Waals surface area contributed by atoms with Crippen molar-refractivity contribution in [2.75, 3.05) is 6.54 Å². The molecule has 1 aliphatic rings. The highest BCUT2D eigenvalue weighted by Crippen LogP contribution is 2.30. The molecule has 13 heavy (non-hydrogen) atoms. The first-order chi connectivity index (χ1) is 6.02. The van der Waals surface area contributed by atoms with E-state index in [9.17, 15) is 14.1 Å². The average Bonchev–Trinajstić information content (AvgIpc) is 2.47. The molecule has 0 aromatic rings. The van der Waals surface area contributed by atoms with E-state index in [0.29, 0.717) is 12.8 Å². The smallest absolute Gasteiger partial charge is 0.408 e. The van der Waals surface area contributed by atoms with Crippen molar-refractivity contribution < 1.29 is 24.2 Å². The van der Waals surface area contributed by atoms with Crippen LogP contribution in [0.4, 0.5) is 9.32 Å². The van der Waals surface area contributed by atoms with Crippen molar-refractivity contribution >= 4 is 12.1 Å². The number of hydrogen-bond acceptors (Lipinski definition) is 3. The molecule has 6 heteroatoms. The van der Waals surface area contributed by atoms with E-state index < -0.39 is 17.6 Å². The molecule has 1 heterocycles. The lowest BCUT2D eigenvalue weighted by atomic mass is 10.00. The van der Waals surface area contributed by atoms with Crippen molar-refractivity contribution in [3.63, 3.8) is 0 Å². The lowest BCUT2D eigenvalue weighted by molar-refractivity contribution is -0.195. The fourth-order valence-electron chi connectivity index (χ4n) is 1.57. The predicted molar refractivity (Wildman–Crippen MR) is 39.6 cm³/mol. The Morgan fingerprint density at radius 1 is 1.62 bits per heavy atom. The highest BCUT2D eigenvalue weighted by atomic mass is 19.3. The molecule has 74 valence electrons. The van der Waals surface area contributed by atoms with Gasteiger partial charge in [0.25, 0.3) is 0 Å². The van der Waals surface area contributed by atoms with Gasteiger partial charge in [0.05, 0.1) is 0 Å². The van der Waals surface area contributed by atoms with E-state index in [1.807, 2.05) is 0 Å². The number of carbonyl (C=O) groups excluding carboxylic acids is 1. The van der Waals surface area contributed by atoms with Crippen LogP contribution in [-0.2, 0) is 9.74 Å². The summed E-state index contributed by atoms with van der Waals surface area (Å²) in [5.74, 6) is -1.15. The molecular weight excluding hydrogens is 181 g/mol. The topological polar surface area (TPSA) is 66.8 Å². The summed E-state index contributed by atoms with van der Waals surface area (Å²) >= 11 is 0. The Bertz CT molecular complexity index is 245. The largest absolute Gasteiger partial charge is 0.465 e. The van der Waals surface area contributed by atoms with Crippen LogP contribution in [0.1, 0.15) is 19.8 Å². The zero-order valence-corrected chi connectivity index (χ0v) is 7.12. The molecule has 0 radical (unpaired) electrons. The standard InChI is InChI=1S/C7H10FNO4/c1-7(5(10)13-8)3-2-4-9(7)6(11)12/h2-4H2,1H3,(H,11,12). The molecule has 1 amide bonds. The second-order valence-corrected chi connectivity index (χ2v) is 3.18. The van der Waals surface area contributed by atoms with E-state index in [-0.39, 0.29) is 6.54 Å². The number of likely N-dealkylation sites (tertiary alicyclic amines) is 1. The van der Waals surface area contributed by atoms with Crippen molar-refractivity contribution in [1.82, 2.24) is 4.90 Å². The van der Waals surface area contributed by atoms with Crippen LogP contribution in [0, 0.1) is 0 Å². The molecule has 1 atom stereocenters. The van der Waals surface area contributed by atoms with Crippen LogP contribution < -0.4 is 0 Å². The van der Waals surface area contributed by atoms with E-state index in [2.05, 4.69) is 4.94 Å². The molecule has 1 unspecified atom stereocenters. The Balaban J connectivity index is 2.87. The van der Waals surface area contributed by atoms with Gasteiger partial charge in [0.15, 0.2) is 0 Å². The quantitative estimate of drug-likeness (QED) is 0.669. The monoisotopic (exact) mass is 191 g/mol. The minimum Gasteiger partial charge on any atom is -0.465 e. The van der Waals surface area contributed by atoms with Crippen LogP contribution in [0.2, 0.25) is 0 Å². The summed E-state index contributed by atoms with van der Waals surface area (Å²) in [6.07, 6.45) is -0.398. The number of hydrogen-bond donors (Lipinski definition) is 1. The van der Waals surface area contributed by atoms with E-state index in [1.165, 1.54) is 6.92 Å². The van der Waals surface area contributed by atoms with E-state index in [1.54, 1.807) is 0 Å². The maximum Gasteiger partial charge on any atom is 0.408 e. The first-order valence-corrected chi connectivity index (χ1v) is 3.86. The Kier molecular flexibility index (Phi) is 2.40. The molecular formula is C7H10FNO4. The molecule has 1 aliphatic heterocycles. The van der Waals surface area contributed by atoms with Crippen LogP contribution in [0.3, 0.4) is 0 Å². The van der Waals surface area contributed by atoms with Gasteiger partial charge in [-0.1, -0.05) is 0 Å². The Labute approximate surface area is 74.0 Å². The van der Waals surface area contributed by atoms with E-state index >= 15 is 0 Å². The maximum absolute atomic E-state index is 11.7. The summed E-state index contributed by atoms with van der Waals surface area (Å²) in [7, 11) is 0. The summed E-state index contributed by atoms with van der Waals surface area (Å²) in [5, 5.41) is 8.69. The van der Waals surface area contributed by atoms with Crippen LogP contribution >= 0.6 is 0 Å². The van der Waals surface area contributed by atoms with Gasteiger partial charge in [-0.05, 0) is 19.8 Å². The fraction of sp³-hybridized carbons (Fsp3) is 0.714. The van der Waals surface area contributed by atoms with Crippen molar-refractivity contribution in [1.29, 1.82) is 0 Å². The summed E-state index contributed by atoms with van der Waals surface area (Å²) in [6, 6.07) is 0. The number of rotatable bonds is 1. The minimum absolute atomic E-state index is 0.237. The SMILES string of the molecule is CC1(C(=O)OF)CCCN1C(=O)O. The van der Waals surface area contributed by atoms with Gasteiger partial charge in [-0.15, -0.1) is 0 Å². The minimum atomic E-state index is -1.36. The third-order valence-corrected chi connectivity index (χ3v) is 2.38. The maximum atomic E-state index is 11.7. The first-order valence-electron chi connectivity index (χ1n) is 3.86. The fourth-order valence-corrected chi connectivity index (χ4v) is 1.57. The summed E-state index contributed by atoms with van der Waals surface area (Å²) in [4.78, 5) is 25.6. The molecule has 0 aromatic carbocycles. The molecule has 0 bridgehead atoms. The Morgan fingerprint density at radius 3 is 2.69 bits per heavy atom. The van der Waals surface area contributed by atoms with Crippen molar-refractivity contribution in [2.24, 2.45) is 0 Å². The van der Waals surface area contributed by atoms with Crippen LogP contribution in [-0.4, -0.2) is 34.2 Å². The number of carboxylic acid groups (broad SMARTS) is 1. The lowest BCUT2D eigenvalue weighted by Crippen LogP contribution is -2.50. The number of halogens is 1. The second-order valence-electron chi connectivity index (χ2n) is 3.18. The third-order valence-electron chi connectivity index (χ3n) is 2.38. The number of carbonyl (C=O) groups is 2. The molecule has 0 aliphatic carbocycles. The highest BCUT2D eigenvalue weighted by molar-refractivity contribution is 5.85. The van der Waals surface area contributed by atoms with Gasteiger partial charge in [0.1, 0.15) is 5.54 Å². The Morgan fingerprint density at radius 2 is 2.23 bits per heavy atom. The Hall–Kier alpha value is -1.33. The molecule has 1 rings (SSSR count). The molecule has 0 saturated carbocycles. The van der Waals surface area contributed by atoms with Crippen LogP contribution in [0.5, 0.6) is 0 Å². The zero-order chi connectivity index (χ0) is 10.1. The molecule has 0 aromatic heterocycles. The van der Waals surface area contributed by atoms with E-state index in [0.717, 1.165) is 4.90 Å². The predicted octanol–water partition coefficient (Wildman–Crippen LogP) is 0.947. The molecule has 1 fully saturated rings. The first kappa shape index (κ1) is 9.76. The zero-order valence-electron chi connectivity index (χ0n) is 7.12. The van der Waals surface area contributed by atoms with Crippen molar-refractivity contribution in [2.45, 2.75) is 25.3 Å². The van der Waals surface area contributed by atoms with Gasteiger partial charge < -0.3 is 5.11 Å². The summed E-state index contributed by atoms with van der Waals surface area (Å²) in [5.41, 5.74) is -1.36. The summed E-state index contributed by atoms with van der Waals surface area (Å²) in [6.45, 7) is 1.59. The van der Waals surface area contributed by atoms with Gasteiger partial charge in [-0.2, -0.15) is 0 Å². The van der Waals surface area contributed by atoms with Gasteiger partial charge >= 0.3 is 12.1 Å². The summed E-state index contributed by atoms with van der Waals surface area (Å²) < 4.78 is 11.7. The molecule has 1 N–H and O–H groups in total. The van der Waals surface area contributed by atoms with Crippen LogP contribution in [0.15, 0.2) is 0 Å².